The molecule has 31 heavy (non-hydrogen) atoms. The lowest BCUT2D eigenvalue weighted by molar-refractivity contribution is 0.0697. The van der Waals surface area contributed by atoms with Crippen molar-refractivity contribution in [2.75, 3.05) is 65.0 Å². The number of carbonyl (C=O) groups excluding carboxylic acids is 2. The molecule has 0 atom stereocenters. The first-order valence-electron chi connectivity index (χ1n) is 10.4. The van der Waals surface area contributed by atoms with Gasteiger partial charge in [-0.05, 0) is 85.2 Å². The Labute approximate surface area is 184 Å². The van der Waals surface area contributed by atoms with Gasteiger partial charge in [-0.15, -0.1) is 0 Å². The number of rotatable bonds is 13. The Morgan fingerprint density at radius 3 is 1.52 bits per heavy atom. The molecule has 4 amide bonds. The van der Waals surface area contributed by atoms with Crippen molar-refractivity contribution >= 4 is 29.4 Å². The average Bonchev–Trinajstić information content (AvgIpc) is 2.66. The summed E-state index contributed by atoms with van der Waals surface area (Å²) in [6, 6.07) is 3.35. The number of benzene rings is 1. The third-order valence-corrected chi connectivity index (χ3v) is 4.33. The zero-order valence-electron chi connectivity index (χ0n) is 19.0. The van der Waals surface area contributed by atoms with Crippen LogP contribution in [0, 0.1) is 0 Å². The van der Waals surface area contributed by atoms with Crippen LogP contribution in [0.1, 0.15) is 36.0 Å². The molecule has 1 aromatic rings. The lowest BCUT2D eigenvalue weighted by atomic mass is 10.1. The third-order valence-electron chi connectivity index (χ3n) is 4.33. The molecular formula is C21H36N6O4. The summed E-state index contributed by atoms with van der Waals surface area (Å²) in [6.07, 6.45) is 3.59. The van der Waals surface area contributed by atoms with E-state index in [1.54, 1.807) is 0 Å². The van der Waals surface area contributed by atoms with Crippen LogP contribution in [0.5, 0.6) is 0 Å². The Balaban J connectivity index is 2.57. The normalized spacial score (nSPS) is 10.8. The summed E-state index contributed by atoms with van der Waals surface area (Å²) in [5, 5.41) is 20.1. The van der Waals surface area contributed by atoms with Crippen molar-refractivity contribution in [2.45, 2.75) is 25.7 Å². The quantitative estimate of drug-likeness (QED) is 0.302. The Morgan fingerprint density at radius 2 is 1.16 bits per heavy atom. The van der Waals surface area contributed by atoms with Crippen molar-refractivity contribution in [1.29, 1.82) is 0 Å². The predicted octanol–water partition coefficient (Wildman–Crippen LogP) is 2.31. The second-order valence-electron chi connectivity index (χ2n) is 7.89. The number of hydrogen-bond donors (Lipinski definition) is 5. The summed E-state index contributed by atoms with van der Waals surface area (Å²) in [5.74, 6) is -1.15. The highest BCUT2D eigenvalue weighted by molar-refractivity contribution is 5.97. The summed E-state index contributed by atoms with van der Waals surface area (Å²) in [6.45, 7) is 2.91. The molecule has 0 unspecified atom stereocenters. The zero-order chi connectivity index (χ0) is 23.2. The van der Waals surface area contributed by atoms with Crippen molar-refractivity contribution in [1.82, 2.24) is 20.4 Å². The van der Waals surface area contributed by atoms with Crippen molar-refractivity contribution < 1.29 is 19.5 Å². The number of anilines is 2. The van der Waals surface area contributed by atoms with Gasteiger partial charge in [0.15, 0.2) is 0 Å². The molecule has 10 nitrogen and oxygen atoms in total. The Bertz CT molecular complexity index is 674. The average molecular weight is 437 g/mol. The van der Waals surface area contributed by atoms with Crippen LogP contribution in [0.3, 0.4) is 0 Å². The molecule has 0 aliphatic rings. The van der Waals surface area contributed by atoms with E-state index < -0.39 is 18.0 Å². The molecule has 0 fully saturated rings. The Hall–Kier alpha value is -2.85. The largest absolute Gasteiger partial charge is 0.478 e. The van der Waals surface area contributed by atoms with Crippen LogP contribution >= 0.6 is 0 Å². The summed E-state index contributed by atoms with van der Waals surface area (Å²) < 4.78 is 0. The first-order valence-corrected chi connectivity index (χ1v) is 10.4. The van der Waals surface area contributed by atoms with Gasteiger partial charge in [0.05, 0.1) is 5.56 Å². The Morgan fingerprint density at radius 1 is 0.742 bits per heavy atom. The van der Waals surface area contributed by atoms with Gasteiger partial charge in [0.1, 0.15) is 0 Å². The molecule has 0 spiro atoms. The van der Waals surface area contributed by atoms with E-state index in [0.29, 0.717) is 13.1 Å². The van der Waals surface area contributed by atoms with E-state index in [2.05, 4.69) is 31.1 Å². The SMILES string of the molecule is CN(C)CCCCNC(=O)Nc1cc(NC(=O)NCCCCN(C)C)cc(C(=O)O)c1. The van der Waals surface area contributed by atoms with E-state index in [-0.39, 0.29) is 16.9 Å². The van der Waals surface area contributed by atoms with Gasteiger partial charge < -0.3 is 36.2 Å². The molecule has 1 aromatic carbocycles. The minimum atomic E-state index is -1.15. The van der Waals surface area contributed by atoms with Gasteiger partial charge in [-0.1, -0.05) is 0 Å². The van der Waals surface area contributed by atoms with Gasteiger partial charge in [-0.3, -0.25) is 0 Å². The first-order chi connectivity index (χ1) is 14.7. The van der Waals surface area contributed by atoms with Gasteiger partial charge in [-0.25, -0.2) is 14.4 Å². The molecule has 0 saturated heterocycles. The van der Waals surface area contributed by atoms with Gasteiger partial charge in [0.2, 0.25) is 0 Å². The van der Waals surface area contributed by atoms with Gasteiger partial charge >= 0.3 is 18.0 Å². The summed E-state index contributed by atoms with van der Waals surface area (Å²) in [4.78, 5) is 39.7. The lowest BCUT2D eigenvalue weighted by Gasteiger charge is -2.13. The molecule has 0 aliphatic heterocycles. The highest BCUT2D eigenvalue weighted by Gasteiger charge is 2.11. The van der Waals surface area contributed by atoms with Crippen molar-refractivity contribution in [3.05, 3.63) is 23.8 Å². The molecular weight excluding hydrogens is 400 g/mol. The summed E-state index contributed by atoms with van der Waals surface area (Å²) in [7, 11) is 7.97. The van der Waals surface area contributed by atoms with Crippen molar-refractivity contribution in [3.63, 3.8) is 0 Å². The molecule has 0 saturated carbocycles. The number of amides is 4. The number of carboxylic acids is 1. The number of aromatic carboxylic acids is 1. The monoisotopic (exact) mass is 436 g/mol. The highest BCUT2D eigenvalue weighted by atomic mass is 16.4. The van der Waals surface area contributed by atoms with Crippen LogP contribution in [0.15, 0.2) is 18.2 Å². The zero-order valence-corrected chi connectivity index (χ0v) is 19.0. The van der Waals surface area contributed by atoms with Crippen molar-refractivity contribution in [3.8, 4) is 0 Å². The van der Waals surface area contributed by atoms with Crippen LogP contribution in [-0.2, 0) is 0 Å². The molecule has 0 radical (unpaired) electrons. The second-order valence-corrected chi connectivity index (χ2v) is 7.89. The van der Waals surface area contributed by atoms with E-state index >= 15 is 0 Å². The van der Waals surface area contributed by atoms with Crippen LogP contribution in [0.25, 0.3) is 0 Å². The number of unbranched alkanes of at least 4 members (excludes halogenated alkanes) is 2. The van der Waals surface area contributed by atoms with E-state index in [0.717, 1.165) is 38.8 Å². The topological polar surface area (TPSA) is 126 Å². The van der Waals surface area contributed by atoms with E-state index in [4.69, 9.17) is 0 Å². The number of carboxylic acid groups (broad SMARTS) is 1. The minimum Gasteiger partial charge on any atom is -0.478 e. The maximum Gasteiger partial charge on any atom is 0.335 e. The smallest absolute Gasteiger partial charge is 0.335 e. The first kappa shape index (κ1) is 26.2. The number of hydrogen-bond acceptors (Lipinski definition) is 5. The summed E-state index contributed by atoms with van der Waals surface area (Å²) in [5.41, 5.74) is 0.531. The number of carbonyl (C=O) groups is 3. The van der Waals surface area contributed by atoms with E-state index in [9.17, 15) is 19.5 Å². The molecule has 1 rings (SSSR count). The van der Waals surface area contributed by atoms with Crippen molar-refractivity contribution in [2.24, 2.45) is 0 Å². The van der Waals surface area contributed by atoms with E-state index in [1.807, 2.05) is 28.2 Å². The fraction of sp³-hybridized carbons (Fsp3) is 0.571. The summed E-state index contributed by atoms with van der Waals surface area (Å²) >= 11 is 0. The van der Waals surface area contributed by atoms with Crippen LogP contribution < -0.4 is 21.3 Å². The maximum absolute atomic E-state index is 12.1. The molecule has 0 aromatic heterocycles. The van der Waals surface area contributed by atoms with Gasteiger partial charge in [0, 0.05) is 24.5 Å². The molecule has 0 aliphatic carbocycles. The molecule has 0 heterocycles. The second kappa shape index (κ2) is 14.2. The molecule has 174 valence electrons. The maximum atomic E-state index is 12.1. The number of nitrogens with one attached hydrogen (secondary N) is 4. The fourth-order valence-corrected chi connectivity index (χ4v) is 2.76. The molecule has 0 bridgehead atoms. The molecule has 10 heteroatoms. The minimum absolute atomic E-state index is 0.0370. The van der Waals surface area contributed by atoms with Gasteiger partial charge in [0.25, 0.3) is 0 Å². The standard InChI is InChI=1S/C21H36N6O4/c1-26(2)11-7-5-9-22-20(30)24-17-13-16(19(28)29)14-18(15-17)25-21(31)23-10-6-8-12-27(3)4/h13-15H,5-12H2,1-4H3,(H,28,29)(H2,22,24,30)(H2,23,25,31). The van der Waals surface area contributed by atoms with Crippen LogP contribution in [0.2, 0.25) is 0 Å². The van der Waals surface area contributed by atoms with E-state index in [1.165, 1.54) is 18.2 Å². The van der Waals surface area contributed by atoms with Crippen LogP contribution in [-0.4, -0.2) is 87.3 Å². The number of nitrogens with zero attached hydrogens (tertiary/aromatic N) is 2. The highest BCUT2D eigenvalue weighted by Crippen LogP contribution is 2.19. The third kappa shape index (κ3) is 12.4. The Kier molecular flexibility index (Phi) is 12.0. The van der Waals surface area contributed by atoms with Crippen LogP contribution in [0.4, 0.5) is 21.0 Å². The molecule has 5 N–H and O–H groups in total. The predicted molar refractivity (Wildman–Crippen MR) is 123 cm³/mol. The number of urea groups is 2. The van der Waals surface area contributed by atoms with Gasteiger partial charge in [-0.2, -0.15) is 0 Å². The fourth-order valence-electron chi connectivity index (χ4n) is 2.76. The lowest BCUT2D eigenvalue weighted by Crippen LogP contribution is -2.31.